The number of benzene rings is 1. The summed E-state index contributed by atoms with van der Waals surface area (Å²) in [5.41, 5.74) is 0.738. The van der Waals surface area contributed by atoms with E-state index in [2.05, 4.69) is 4.98 Å². The maximum atomic E-state index is 13.3. The van der Waals surface area contributed by atoms with Crippen molar-refractivity contribution in [3.63, 3.8) is 0 Å². The number of carbonyl (C=O) groups is 1. The molecule has 1 amide bonds. The van der Waals surface area contributed by atoms with Crippen molar-refractivity contribution in [3.8, 4) is 0 Å². The smallest absolute Gasteiger partial charge is 0.231 e. The van der Waals surface area contributed by atoms with Crippen molar-refractivity contribution in [3.05, 3.63) is 24.0 Å². The minimum atomic E-state index is -0.276. The number of fused-ring (bicyclic) bond motifs is 1. The Morgan fingerprint density at radius 1 is 1.41 bits per heavy atom. The number of rotatable bonds is 4. The average Bonchev–Trinajstić information content (AvgIpc) is 3.07. The Bertz CT molecular complexity index is 707. The lowest BCUT2D eigenvalue weighted by atomic mass is 10.2. The lowest BCUT2D eigenvalue weighted by Crippen LogP contribution is -2.38. The number of hydrogen-bond donors (Lipinski definition) is 0. The number of thiazole rings is 1. The summed E-state index contributed by atoms with van der Waals surface area (Å²) in [7, 11) is 0. The molecule has 0 radical (unpaired) electrons. The molecule has 4 nitrogen and oxygen atoms in total. The zero-order chi connectivity index (χ0) is 15.1. The van der Waals surface area contributed by atoms with Gasteiger partial charge in [0.15, 0.2) is 5.13 Å². The molecular weight excluding hydrogens is 303 g/mol. The van der Waals surface area contributed by atoms with E-state index in [-0.39, 0.29) is 23.7 Å². The average molecular weight is 320 g/mol. The first-order valence-corrected chi connectivity index (χ1v) is 8.51. The SMILES string of the molecule is O=C(C1CC1)N(C[C@@H]1CCCO1)c1nc2ccc(F)cc2s1. The van der Waals surface area contributed by atoms with Crippen molar-refractivity contribution in [2.45, 2.75) is 31.8 Å². The van der Waals surface area contributed by atoms with Gasteiger partial charge in [0, 0.05) is 12.5 Å². The molecule has 2 heterocycles. The highest BCUT2D eigenvalue weighted by atomic mass is 32.1. The van der Waals surface area contributed by atoms with E-state index in [0.717, 1.165) is 42.5 Å². The molecule has 1 atom stereocenters. The zero-order valence-electron chi connectivity index (χ0n) is 12.1. The standard InChI is InChI=1S/C16H17FN2O2S/c17-11-5-6-13-14(8-11)22-16(18-13)19(15(20)10-3-4-10)9-12-2-1-7-21-12/h5-6,8,10,12H,1-4,7,9H2/t12-/m0/s1. The molecule has 0 spiro atoms. The van der Waals surface area contributed by atoms with E-state index in [1.54, 1.807) is 11.0 Å². The predicted molar refractivity (Wildman–Crippen MR) is 83.6 cm³/mol. The van der Waals surface area contributed by atoms with Crippen molar-refractivity contribution in [2.75, 3.05) is 18.1 Å². The Morgan fingerprint density at radius 2 is 2.27 bits per heavy atom. The number of halogens is 1. The van der Waals surface area contributed by atoms with Crippen LogP contribution >= 0.6 is 11.3 Å². The fraction of sp³-hybridized carbons (Fsp3) is 0.500. The van der Waals surface area contributed by atoms with Crippen molar-refractivity contribution in [2.24, 2.45) is 5.92 Å². The van der Waals surface area contributed by atoms with Gasteiger partial charge in [-0.2, -0.15) is 0 Å². The van der Waals surface area contributed by atoms with Crippen LogP contribution in [-0.2, 0) is 9.53 Å². The van der Waals surface area contributed by atoms with Crippen LogP contribution in [-0.4, -0.2) is 30.1 Å². The first-order valence-electron chi connectivity index (χ1n) is 7.70. The van der Waals surface area contributed by atoms with Crippen LogP contribution in [0.25, 0.3) is 10.2 Å². The maximum Gasteiger partial charge on any atom is 0.231 e. The molecule has 2 fully saturated rings. The number of hydrogen-bond acceptors (Lipinski definition) is 4. The van der Waals surface area contributed by atoms with Gasteiger partial charge in [0.25, 0.3) is 0 Å². The number of aromatic nitrogens is 1. The predicted octanol–water partition coefficient (Wildman–Crippen LogP) is 3.36. The van der Waals surface area contributed by atoms with Gasteiger partial charge in [-0.3, -0.25) is 9.69 Å². The molecule has 0 unspecified atom stereocenters. The van der Waals surface area contributed by atoms with Crippen molar-refractivity contribution in [1.29, 1.82) is 0 Å². The topological polar surface area (TPSA) is 42.4 Å². The highest BCUT2D eigenvalue weighted by molar-refractivity contribution is 7.22. The zero-order valence-corrected chi connectivity index (χ0v) is 12.9. The summed E-state index contributed by atoms with van der Waals surface area (Å²) >= 11 is 1.37. The Labute approximate surface area is 131 Å². The second kappa shape index (κ2) is 5.59. The van der Waals surface area contributed by atoms with Gasteiger partial charge in [-0.05, 0) is 43.9 Å². The summed E-state index contributed by atoms with van der Waals surface area (Å²) in [4.78, 5) is 18.9. The highest BCUT2D eigenvalue weighted by Gasteiger charge is 2.36. The van der Waals surface area contributed by atoms with Gasteiger partial charge in [-0.1, -0.05) is 11.3 Å². The monoisotopic (exact) mass is 320 g/mol. The fourth-order valence-electron chi connectivity index (χ4n) is 2.81. The normalized spacial score (nSPS) is 21.4. The quantitative estimate of drug-likeness (QED) is 0.867. The third kappa shape index (κ3) is 2.73. The molecule has 1 aliphatic carbocycles. The molecule has 0 N–H and O–H groups in total. The molecule has 0 bridgehead atoms. The van der Waals surface area contributed by atoms with E-state index < -0.39 is 0 Å². The summed E-state index contributed by atoms with van der Waals surface area (Å²) in [5, 5.41) is 0.660. The maximum absolute atomic E-state index is 13.3. The summed E-state index contributed by atoms with van der Waals surface area (Å²) < 4.78 is 19.8. The Hall–Kier alpha value is -1.53. The molecule has 1 saturated heterocycles. The minimum Gasteiger partial charge on any atom is -0.376 e. The number of carbonyl (C=O) groups excluding carboxylic acids is 1. The number of anilines is 1. The van der Waals surface area contributed by atoms with Crippen molar-refractivity contribution in [1.82, 2.24) is 4.98 Å². The number of ether oxygens (including phenoxy) is 1. The van der Waals surface area contributed by atoms with Crippen molar-refractivity contribution < 1.29 is 13.9 Å². The molecular formula is C16H17FN2O2S. The van der Waals surface area contributed by atoms with E-state index in [1.165, 1.54) is 23.5 Å². The molecule has 4 rings (SSSR count). The molecule has 2 aliphatic rings. The largest absolute Gasteiger partial charge is 0.376 e. The van der Waals surface area contributed by atoms with E-state index >= 15 is 0 Å². The lowest BCUT2D eigenvalue weighted by Gasteiger charge is -2.22. The van der Waals surface area contributed by atoms with Crippen LogP contribution in [0.1, 0.15) is 25.7 Å². The molecule has 6 heteroatoms. The van der Waals surface area contributed by atoms with Crippen molar-refractivity contribution >= 4 is 32.6 Å². The highest BCUT2D eigenvalue weighted by Crippen LogP contribution is 2.36. The van der Waals surface area contributed by atoms with Crippen LogP contribution in [0.3, 0.4) is 0 Å². The molecule has 116 valence electrons. The van der Waals surface area contributed by atoms with Crippen LogP contribution in [0, 0.1) is 11.7 Å². The molecule has 1 aromatic carbocycles. The van der Waals surface area contributed by atoms with Gasteiger partial charge in [0.05, 0.1) is 22.9 Å². The van der Waals surface area contributed by atoms with Gasteiger partial charge in [0.2, 0.25) is 5.91 Å². The Morgan fingerprint density at radius 3 is 3.00 bits per heavy atom. The summed E-state index contributed by atoms with van der Waals surface area (Å²) in [6.45, 7) is 1.32. The van der Waals surface area contributed by atoms with Gasteiger partial charge >= 0.3 is 0 Å². The van der Waals surface area contributed by atoms with Crippen LogP contribution in [0.4, 0.5) is 9.52 Å². The lowest BCUT2D eigenvalue weighted by molar-refractivity contribution is -0.120. The fourth-order valence-corrected chi connectivity index (χ4v) is 3.81. The third-order valence-corrected chi connectivity index (χ3v) is 5.21. The van der Waals surface area contributed by atoms with Gasteiger partial charge < -0.3 is 4.74 Å². The van der Waals surface area contributed by atoms with E-state index in [9.17, 15) is 9.18 Å². The van der Waals surface area contributed by atoms with Crippen LogP contribution in [0.5, 0.6) is 0 Å². The molecule has 2 aromatic rings. The number of nitrogens with zero attached hydrogens (tertiary/aromatic N) is 2. The van der Waals surface area contributed by atoms with Crippen LogP contribution in [0.2, 0.25) is 0 Å². The summed E-state index contributed by atoms with van der Waals surface area (Å²) in [6.07, 6.45) is 4.03. The van der Waals surface area contributed by atoms with E-state index in [4.69, 9.17) is 4.74 Å². The molecule has 1 aromatic heterocycles. The molecule has 1 aliphatic heterocycles. The van der Waals surface area contributed by atoms with Crippen LogP contribution < -0.4 is 4.90 Å². The van der Waals surface area contributed by atoms with E-state index in [1.807, 2.05) is 0 Å². The second-order valence-electron chi connectivity index (χ2n) is 5.97. The van der Waals surface area contributed by atoms with Gasteiger partial charge in [-0.15, -0.1) is 0 Å². The van der Waals surface area contributed by atoms with Crippen LogP contribution in [0.15, 0.2) is 18.2 Å². The molecule has 22 heavy (non-hydrogen) atoms. The second-order valence-corrected chi connectivity index (χ2v) is 6.98. The summed E-state index contributed by atoms with van der Waals surface area (Å²) in [6, 6.07) is 4.54. The first kappa shape index (κ1) is 14.1. The van der Waals surface area contributed by atoms with Gasteiger partial charge in [-0.25, -0.2) is 9.37 Å². The number of amides is 1. The third-order valence-electron chi connectivity index (χ3n) is 4.17. The summed E-state index contributed by atoms with van der Waals surface area (Å²) in [5.74, 6) is -0.0120. The van der Waals surface area contributed by atoms with E-state index in [0.29, 0.717) is 11.7 Å². The van der Waals surface area contributed by atoms with Gasteiger partial charge in [0.1, 0.15) is 5.82 Å². The molecule has 1 saturated carbocycles. The first-order chi connectivity index (χ1) is 10.7. The minimum absolute atomic E-state index is 0.0893. The Kier molecular flexibility index (Phi) is 3.58. The Balaban J connectivity index is 1.65.